The van der Waals surface area contributed by atoms with E-state index in [1.165, 1.54) is 19.3 Å². The maximum Gasteiger partial charge on any atom is 0.215 e. The van der Waals surface area contributed by atoms with Gasteiger partial charge >= 0.3 is 0 Å². The van der Waals surface area contributed by atoms with Gasteiger partial charge in [-0.25, -0.2) is 0 Å². The fourth-order valence-electron chi connectivity index (χ4n) is 1.21. The molecule has 1 fully saturated rings. The first-order valence-corrected chi connectivity index (χ1v) is 3.56. The van der Waals surface area contributed by atoms with Gasteiger partial charge in [-0.3, -0.25) is 4.79 Å². The highest BCUT2D eigenvalue weighted by Crippen LogP contribution is 2.07. The van der Waals surface area contributed by atoms with Crippen LogP contribution in [0.1, 0.15) is 19.3 Å². The molecule has 1 rings (SSSR count). The topological polar surface area (TPSA) is 20.3 Å². The molecule has 1 heterocycles. The van der Waals surface area contributed by atoms with E-state index in [1.807, 2.05) is 4.90 Å². The third kappa shape index (κ3) is 1.73. The highest BCUT2D eigenvalue weighted by atomic mass is 16.1. The Morgan fingerprint density at radius 3 is 2.11 bits per heavy atom. The fourth-order valence-corrected chi connectivity index (χ4v) is 1.21. The van der Waals surface area contributed by atoms with Gasteiger partial charge in [-0.1, -0.05) is 0 Å². The van der Waals surface area contributed by atoms with Crippen molar-refractivity contribution >= 4 is 13.7 Å². The van der Waals surface area contributed by atoms with Gasteiger partial charge in [0.1, 0.15) is 0 Å². The normalized spacial score (nSPS) is 19.8. The smallest absolute Gasteiger partial charge is 0.215 e. The Balaban J connectivity index is 2.31. The molecule has 9 heavy (non-hydrogen) atoms. The van der Waals surface area contributed by atoms with E-state index in [4.69, 9.17) is 0 Å². The van der Waals surface area contributed by atoms with E-state index in [2.05, 4.69) is 0 Å². The Morgan fingerprint density at radius 2 is 1.78 bits per heavy atom. The van der Waals surface area contributed by atoms with Crippen molar-refractivity contribution in [1.29, 1.82) is 0 Å². The molecule has 0 aliphatic carbocycles. The lowest BCUT2D eigenvalue weighted by Crippen LogP contribution is -2.34. The van der Waals surface area contributed by atoms with Crippen LogP contribution in [0.3, 0.4) is 0 Å². The van der Waals surface area contributed by atoms with Gasteiger partial charge < -0.3 is 4.90 Å². The summed E-state index contributed by atoms with van der Waals surface area (Å²) < 4.78 is 0. The molecule has 1 saturated heterocycles. The van der Waals surface area contributed by atoms with Crippen LogP contribution in [0, 0.1) is 0 Å². The molecular weight excluding hydrogens is 113 g/mol. The molecule has 0 bridgehead atoms. The summed E-state index contributed by atoms with van der Waals surface area (Å²) in [5.74, 6) is 0.231. The number of carbonyl (C=O) groups is 1. The van der Waals surface area contributed by atoms with Crippen LogP contribution in [0.5, 0.6) is 0 Å². The second-order valence-electron chi connectivity index (χ2n) is 2.57. The van der Waals surface area contributed by atoms with Crippen LogP contribution in [0.15, 0.2) is 0 Å². The molecular formula is C6H12BNO. The quantitative estimate of drug-likeness (QED) is 0.424. The minimum atomic E-state index is 0.231. The molecule has 0 aromatic heterocycles. The van der Waals surface area contributed by atoms with Crippen molar-refractivity contribution in [2.75, 3.05) is 13.1 Å². The lowest BCUT2D eigenvalue weighted by atomic mass is 10.0. The zero-order chi connectivity index (χ0) is 6.69. The number of amides is 1. The molecule has 0 spiro atoms. The summed E-state index contributed by atoms with van der Waals surface area (Å²) in [6, 6.07) is 0. The maximum atomic E-state index is 10.7. The van der Waals surface area contributed by atoms with Crippen LogP contribution in [0.2, 0.25) is 0 Å². The highest BCUT2D eigenvalue weighted by Gasteiger charge is 2.10. The third-order valence-corrected chi connectivity index (χ3v) is 1.80. The summed E-state index contributed by atoms with van der Waals surface area (Å²) in [6.45, 7) is 1.96. The fraction of sp³-hybridized carbons (Fsp3) is 0.833. The SMILES string of the molecule is BC(=O)N1CCCCC1. The van der Waals surface area contributed by atoms with Crippen molar-refractivity contribution in [1.82, 2.24) is 4.90 Å². The van der Waals surface area contributed by atoms with Gasteiger partial charge in [0.15, 0.2) is 5.81 Å². The molecule has 1 aliphatic rings. The number of carbonyl (C=O) groups excluding carboxylic acids is 1. The van der Waals surface area contributed by atoms with Crippen molar-refractivity contribution in [3.8, 4) is 0 Å². The van der Waals surface area contributed by atoms with Gasteiger partial charge in [-0.2, -0.15) is 0 Å². The van der Waals surface area contributed by atoms with E-state index >= 15 is 0 Å². The molecule has 3 heteroatoms. The van der Waals surface area contributed by atoms with E-state index in [-0.39, 0.29) is 5.81 Å². The zero-order valence-electron chi connectivity index (χ0n) is 5.89. The Hall–Kier alpha value is -0.465. The summed E-state index contributed by atoms with van der Waals surface area (Å²) in [7, 11) is 1.64. The highest BCUT2D eigenvalue weighted by molar-refractivity contribution is 6.56. The van der Waals surface area contributed by atoms with Crippen LogP contribution in [-0.2, 0) is 0 Å². The first kappa shape index (κ1) is 6.65. The summed E-state index contributed by atoms with van der Waals surface area (Å²) in [4.78, 5) is 12.6. The van der Waals surface area contributed by atoms with Crippen LogP contribution in [-0.4, -0.2) is 31.6 Å². The monoisotopic (exact) mass is 125 g/mol. The zero-order valence-corrected chi connectivity index (χ0v) is 5.89. The van der Waals surface area contributed by atoms with Gasteiger partial charge in [-0.15, -0.1) is 0 Å². The molecule has 0 N–H and O–H groups in total. The molecule has 0 aromatic carbocycles. The van der Waals surface area contributed by atoms with Crippen LogP contribution in [0.4, 0.5) is 4.79 Å². The average molecular weight is 125 g/mol. The van der Waals surface area contributed by atoms with E-state index < -0.39 is 0 Å². The summed E-state index contributed by atoms with van der Waals surface area (Å²) in [5.41, 5.74) is 0. The first-order chi connectivity index (χ1) is 4.30. The van der Waals surface area contributed by atoms with Gasteiger partial charge in [-0.05, 0) is 19.3 Å². The number of likely N-dealkylation sites (tertiary alicyclic amines) is 1. The molecule has 1 amide bonds. The number of rotatable bonds is 0. The second-order valence-corrected chi connectivity index (χ2v) is 2.57. The predicted octanol–water partition coefficient (Wildman–Crippen LogP) is 0.225. The molecule has 1 aliphatic heterocycles. The number of hydrogen-bond donors (Lipinski definition) is 0. The lowest BCUT2D eigenvalue weighted by molar-refractivity contribution is 0.210. The molecule has 0 radical (unpaired) electrons. The van der Waals surface area contributed by atoms with Crippen LogP contribution >= 0.6 is 0 Å². The van der Waals surface area contributed by atoms with E-state index in [0.29, 0.717) is 0 Å². The third-order valence-electron chi connectivity index (χ3n) is 1.80. The molecule has 0 saturated carbocycles. The van der Waals surface area contributed by atoms with Gasteiger partial charge in [0.05, 0.1) is 0 Å². The van der Waals surface area contributed by atoms with Crippen molar-refractivity contribution in [3.05, 3.63) is 0 Å². The van der Waals surface area contributed by atoms with E-state index in [0.717, 1.165) is 13.1 Å². The largest absolute Gasteiger partial charge is 0.352 e. The molecule has 0 unspecified atom stereocenters. The number of piperidine rings is 1. The number of nitrogens with zero attached hydrogens (tertiary/aromatic N) is 1. The second kappa shape index (κ2) is 2.90. The predicted molar refractivity (Wildman–Crippen MR) is 39.4 cm³/mol. The lowest BCUT2D eigenvalue weighted by Gasteiger charge is -2.25. The molecule has 50 valence electrons. The van der Waals surface area contributed by atoms with Crippen LogP contribution < -0.4 is 0 Å². The van der Waals surface area contributed by atoms with Gasteiger partial charge in [0, 0.05) is 13.1 Å². The summed E-state index contributed by atoms with van der Waals surface area (Å²) >= 11 is 0. The van der Waals surface area contributed by atoms with E-state index in [9.17, 15) is 4.79 Å². The van der Waals surface area contributed by atoms with Crippen molar-refractivity contribution in [2.24, 2.45) is 0 Å². The summed E-state index contributed by atoms with van der Waals surface area (Å²) in [5, 5.41) is 0. The minimum absolute atomic E-state index is 0.231. The number of hydrogen-bond acceptors (Lipinski definition) is 1. The van der Waals surface area contributed by atoms with E-state index in [1.54, 1.807) is 7.85 Å². The maximum absolute atomic E-state index is 10.7. The van der Waals surface area contributed by atoms with Gasteiger partial charge in [0.25, 0.3) is 0 Å². The van der Waals surface area contributed by atoms with Crippen molar-refractivity contribution in [3.63, 3.8) is 0 Å². The van der Waals surface area contributed by atoms with Crippen molar-refractivity contribution < 1.29 is 4.79 Å². The molecule has 0 aromatic rings. The van der Waals surface area contributed by atoms with Crippen molar-refractivity contribution in [2.45, 2.75) is 19.3 Å². The standard InChI is InChI=1S/C6H12BNO/c7-6(9)8-4-2-1-3-5-8/h1-5,7H2. The Labute approximate surface area is 56.6 Å². The Morgan fingerprint density at radius 1 is 1.22 bits per heavy atom. The first-order valence-electron chi connectivity index (χ1n) is 3.56. The molecule has 0 atom stereocenters. The Kier molecular flexibility index (Phi) is 2.14. The van der Waals surface area contributed by atoms with Gasteiger partial charge in [0.2, 0.25) is 7.85 Å². The average Bonchev–Trinajstić information content (AvgIpc) is 1.90. The minimum Gasteiger partial charge on any atom is -0.352 e. The summed E-state index contributed by atoms with van der Waals surface area (Å²) in [6.07, 6.45) is 3.68. The Bertz CT molecular complexity index is 110. The van der Waals surface area contributed by atoms with Crippen LogP contribution in [0.25, 0.3) is 0 Å². The molecule has 2 nitrogen and oxygen atoms in total.